The number of aromatic nitrogens is 1. The van der Waals surface area contributed by atoms with Crippen LogP contribution in [0.4, 0.5) is 5.69 Å². The summed E-state index contributed by atoms with van der Waals surface area (Å²) in [5.41, 5.74) is 2.07. The molecule has 3 aliphatic rings. The molecule has 27 heavy (non-hydrogen) atoms. The van der Waals surface area contributed by atoms with Gasteiger partial charge in [-0.3, -0.25) is 4.98 Å². The molecular formula is C22H32N4O. The minimum Gasteiger partial charge on any atom is -0.497 e. The maximum absolute atomic E-state index is 5.45. The van der Waals surface area contributed by atoms with Gasteiger partial charge in [-0.15, -0.1) is 0 Å². The topological polar surface area (TPSA) is 49.4 Å². The molecule has 3 saturated heterocycles. The van der Waals surface area contributed by atoms with E-state index in [1.807, 2.05) is 18.3 Å². The molecule has 0 unspecified atom stereocenters. The number of rotatable bonds is 8. The molecule has 146 valence electrons. The molecule has 0 spiro atoms. The largest absolute Gasteiger partial charge is 0.497 e. The molecule has 3 fully saturated rings. The number of hydrogen-bond acceptors (Lipinski definition) is 5. The summed E-state index contributed by atoms with van der Waals surface area (Å²) < 4.78 is 5.45. The van der Waals surface area contributed by atoms with Crippen LogP contribution in [-0.2, 0) is 0 Å². The maximum atomic E-state index is 5.45. The van der Waals surface area contributed by atoms with E-state index < -0.39 is 0 Å². The van der Waals surface area contributed by atoms with Crippen LogP contribution in [0.2, 0.25) is 0 Å². The van der Waals surface area contributed by atoms with Gasteiger partial charge in [0.25, 0.3) is 0 Å². The van der Waals surface area contributed by atoms with Gasteiger partial charge in [0.05, 0.1) is 18.3 Å². The lowest BCUT2D eigenvalue weighted by molar-refractivity contribution is 0.0727. The summed E-state index contributed by atoms with van der Waals surface area (Å²) in [7, 11) is 1.71. The highest BCUT2D eigenvalue weighted by Crippen LogP contribution is 2.29. The summed E-state index contributed by atoms with van der Waals surface area (Å²) in [5, 5.41) is 8.57. The fourth-order valence-corrected chi connectivity index (χ4v) is 4.62. The van der Waals surface area contributed by atoms with E-state index in [-0.39, 0.29) is 0 Å². The third kappa shape index (κ3) is 4.36. The standard InChI is InChI=1S/C22H32N4O/c1-16(5-3-9-23-21-15-26-11-7-17(21)8-12-26)25-20-14-19(27-2)13-18-6-4-10-24-22(18)20/h4,6,10,13-14,16-17,21,23,25H,3,5,7-9,11-12,15H2,1-2H3/t16-,21+/m0/s1. The average molecular weight is 369 g/mol. The van der Waals surface area contributed by atoms with Crippen molar-refractivity contribution in [2.45, 2.75) is 44.7 Å². The molecule has 1 aromatic heterocycles. The van der Waals surface area contributed by atoms with Gasteiger partial charge in [-0.2, -0.15) is 0 Å². The number of hydrogen-bond donors (Lipinski definition) is 2. The fraction of sp³-hybridized carbons (Fsp3) is 0.591. The minimum atomic E-state index is 0.399. The van der Waals surface area contributed by atoms with E-state index in [2.05, 4.69) is 39.6 Å². The zero-order valence-corrected chi connectivity index (χ0v) is 16.6. The van der Waals surface area contributed by atoms with Gasteiger partial charge in [0.15, 0.2) is 0 Å². The summed E-state index contributed by atoms with van der Waals surface area (Å²) in [4.78, 5) is 7.17. The second-order valence-electron chi connectivity index (χ2n) is 8.14. The first-order chi connectivity index (χ1) is 13.2. The molecular weight excluding hydrogens is 336 g/mol. The predicted molar refractivity (Wildman–Crippen MR) is 112 cm³/mol. The Kier molecular flexibility index (Phi) is 5.79. The number of methoxy groups -OCH3 is 1. The van der Waals surface area contributed by atoms with Crippen molar-refractivity contribution in [3.63, 3.8) is 0 Å². The molecule has 2 bridgehead atoms. The van der Waals surface area contributed by atoms with Gasteiger partial charge in [-0.1, -0.05) is 6.07 Å². The zero-order valence-electron chi connectivity index (χ0n) is 16.6. The molecule has 4 heterocycles. The first-order valence-corrected chi connectivity index (χ1v) is 10.4. The zero-order chi connectivity index (χ0) is 18.6. The lowest BCUT2D eigenvalue weighted by atomic mass is 9.84. The molecule has 2 N–H and O–H groups in total. The van der Waals surface area contributed by atoms with Crippen molar-refractivity contribution < 1.29 is 4.74 Å². The average Bonchev–Trinajstić information content (AvgIpc) is 2.72. The number of nitrogens with zero attached hydrogens (tertiary/aromatic N) is 2. The summed E-state index contributed by atoms with van der Waals surface area (Å²) in [6.07, 6.45) is 6.94. The smallest absolute Gasteiger partial charge is 0.121 e. The first kappa shape index (κ1) is 18.5. The molecule has 1 aromatic carbocycles. The van der Waals surface area contributed by atoms with Crippen LogP contribution < -0.4 is 15.4 Å². The molecule has 3 aliphatic heterocycles. The molecule has 0 saturated carbocycles. The minimum absolute atomic E-state index is 0.399. The summed E-state index contributed by atoms with van der Waals surface area (Å²) in [6, 6.07) is 9.25. The molecule has 2 aromatic rings. The highest BCUT2D eigenvalue weighted by Gasteiger charge is 2.33. The van der Waals surface area contributed by atoms with Gasteiger partial charge >= 0.3 is 0 Å². The number of anilines is 1. The third-order valence-electron chi connectivity index (χ3n) is 6.19. The summed E-state index contributed by atoms with van der Waals surface area (Å²) in [6.45, 7) is 7.24. The van der Waals surface area contributed by atoms with Gasteiger partial charge < -0.3 is 20.3 Å². The summed E-state index contributed by atoms with van der Waals surface area (Å²) in [5.74, 6) is 1.77. The van der Waals surface area contributed by atoms with Crippen LogP contribution >= 0.6 is 0 Å². The van der Waals surface area contributed by atoms with Crippen molar-refractivity contribution in [1.29, 1.82) is 0 Å². The number of fused-ring (bicyclic) bond motifs is 4. The number of nitrogens with one attached hydrogen (secondary N) is 2. The molecule has 5 rings (SSSR count). The SMILES string of the molecule is COc1cc(N[C@@H](C)CCCN[C@@H]2CN3CCC2CC3)c2ncccc2c1. The van der Waals surface area contributed by atoms with E-state index >= 15 is 0 Å². The normalized spacial score (nSPS) is 25.5. The van der Waals surface area contributed by atoms with Crippen molar-refractivity contribution in [2.75, 3.05) is 38.6 Å². The van der Waals surface area contributed by atoms with E-state index in [4.69, 9.17) is 4.74 Å². The van der Waals surface area contributed by atoms with E-state index in [1.165, 1.54) is 38.9 Å². The lowest BCUT2D eigenvalue weighted by Gasteiger charge is -2.45. The Bertz CT molecular complexity index is 757. The highest BCUT2D eigenvalue weighted by molar-refractivity contribution is 5.91. The second-order valence-corrected chi connectivity index (χ2v) is 8.14. The van der Waals surface area contributed by atoms with Crippen molar-refractivity contribution in [1.82, 2.24) is 15.2 Å². The molecule has 0 amide bonds. The number of ether oxygens (including phenoxy) is 1. The van der Waals surface area contributed by atoms with Crippen molar-refractivity contribution in [2.24, 2.45) is 5.92 Å². The Morgan fingerprint density at radius 2 is 2.15 bits per heavy atom. The fourth-order valence-electron chi connectivity index (χ4n) is 4.62. The monoisotopic (exact) mass is 368 g/mol. The molecule has 2 atom stereocenters. The van der Waals surface area contributed by atoms with Gasteiger partial charge in [0.2, 0.25) is 0 Å². The Morgan fingerprint density at radius 1 is 1.30 bits per heavy atom. The van der Waals surface area contributed by atoms with E-state index in [0.29, 0.717) is 12.1 Å². The number of piperidine rings is 3. The van der Waals surface area contributed by atoms with Crippen molar-refractivity contribution in [3.05, 3.63) is 30.5 Å². The van der Waals surface area contributed by atoms with Crippen molar-refractivity contribution in [3.8, 4) is 5.75 Å². The van der Waals surface area contributed by atoms with Crippen molar-refractivity contribution >= 4 is 16.6 Å². The number of pyridine rings is 1. The van der Waals surface area contributed by atoms with Crippen LogP contribution in [0.3, 0.4) is 0 Å². The van der Waals surface area contributed by atoms with E-state index in [1.54, 1.807) is 7.11 Å². The first-order valence-electron chi connectivity index (χ1n) is 10.4. The highest BCUT2D eigenvalue weighted by atomic mass is 16.5. The van der Waals surface area contributed by atoms with E-state index in [0.717, 1.165) is 41.2 Å². The molecule has 0 aliphatic carbocycles. The van der Waals surface area contributed by atoms with Gasteiger partial charge in [0, 0.05) is 36.3 Å². The van der Waals surface area contributed by atoms with Crippen LogP contribution in [0.1, 0.15) is 32.6 Å². The summed E-state index contributed by atoms with van der Waals surface area (Å²) >= 11 is 0. The van der Waals surface area contributed by atoms with Gasteiger partial charge in [-0.05, 0) is 70.3 Å². The predicted octanol–water partition coefficient (Wildman–Crippen LogP) is 3.51. The Labute approximate surface area is 162 Å². The molecule has 0 radical (unpaired) electrons. The van der Waals surface area contributed by atoms with Crippen LogP contribution in [0.15, 0.2) is 30.5 Å². The van der Waals surface area contributed by atoms with Gasteiger partial charge in [0.1, 0.15) is 5.75 Å². The van der Waals surface area contributed by atoms with Crippen LogP contribution in [0.25, 0.3) is 10.9 Å². The Balaban J connectivity index is 1.28. The number of benzene rings is 1. The second kappa shape index (κ2) is 8.44. The van der Waals surface area contributed by atoms with Crippen LogP contribution in [-0.4, -0.2) is 55.3 Å². The Morgan fingerprint density at radius 3 is 2.89 bits per heavy atom. The maximum Gasteiger partial charge on any atom is 0.121 e. The molecule has 5 heteroatoms. The third-order valence-corrected chi connectivity index (χ3v) is 6.19. The van der Waals surface area contributed by atoms with Gasteiger partial charge in [-0.25, -0.2) is 0 Å². The molecule has 5 nitrogen and oxygen atoms in total. The van der Waals surface area contributed by atoms with Crippen LogP contribution in [0, 0.1) is 5.92 Å². The van der Waals surface area contributed by atoms with E-state index in [9.17, 15) is 0 Å². The quantitative estimate of drug-likeness (QED) is 0.699. The van der Waals surface area contributed by atoms with Crippen LogP contribution in [0.5, 0.6) is 5.75 Å². The lowest BCUT2D eigenvalue weighted by Crippen LogP contribution is -2.56. The Hall–Kier alpha value is -1.85.